The molecule has 0 fully saturated rings. The van der Waals surface area contributed by atoms with Crippen molar-refractivity contribution in [2.24, 2.45) is 0 Å². The molecular weight excluding hydrogens is 364 g/mol. The van der Waals surface area contributed by atoms with Gasteiger partial charge < -0.3 is 20.1 Å². The molecule has 1 aromatic rings. The van der Waals surface area contributed by atoms with Gasteiger partial charge in [-0.15, -0.1) is 0 Å². The topological polar surface area (TPSA) is 76.7 Å². The van der Waals surface area contributed by atoms with Gasteiger partial charge in [-0.3, -0.25) is 0 Å². The van der Waals surface area contributed by atoms with E-state index in [0.717, 1.165) is 10.0 Å². The van der Waals surface area contributed by atoms with E-state index < -0.39 is 12.0 Å². The molecule has 7 heteroatoms. The van der Waals surface area contributed by atoms with E-state index in [-0.39, 0.29) is 12.6 Å². The van der Waals surface area contributed by atoms with Crippen LogP contribution < -0.4 is 10.6 Å². The summed E-state index contributed by atoms with van der Waals surface area (Å²) in [4.78, 5) is 24.2. The molecule has 1 heterocycles. The lowest BCUT2D eigenvalue weighted by atomic mass is 9.96. The van der Waals surface area contributed by atoms with Crippen molar-refractivity contribution in [1.29, 1.82) is 0 Å². The highest BCUT2D eigenvalue weighted by atomic mass is 79.9. The fraction of sp³-hybridized carbons (Fsp3) is 0.375. The predicted octanol–water partition coefficient (Wildman–Crippen LogP) is 2.66. The predicted molar refractivity (Wildman–Crippen MR) is 88.7 cm³/mol. The van der Waals surface area contributed by atoms with Crippen LogP contribution in [0, 0.1) is 0 Å². The summed E-state index contributed by atoms with van der Waals surface area (Å²) in [6, 6.07) is 6.53. The molecule has 1 atom stereocenters. The second-order valence-corrected chi connectivity index (χ2v) is 5.87. The van der Waals surface area contributed by atoms with E-state index in [9.17, 15) is 9.59 Å². The second-order valence-electron chi connectivity index (χ2n) is 4.96. The molecule has 124 valence electrons. The highest BCUT2D eigenvalue weighted by Gasteiger charge is 2.32. The summed E-state index contributed by atoms with van der Waals surface area (Å²) in [7, 11) is 0. The third-order valence-electron chi connectivity index (χ3n) is 3.34. The van der Waals surface area contributed by atoms with Crippen LogP contribution in [0.3, 0.4) is 0 Å². The van der Waals surface area contributed by atoms with Gasteiger partial charge in [-0.25, -0.2) is 9.59 Å². The van der Waals surface area contributed by atoms with Crippen molar-refractivity contribution < 1.29 is 19.1 Å². The number of urea groups is 1. The molecule has 2 rings (SSSR count). The van der Waals surface area contributed by atoms with Crippen molar-refractivity contribution in [3.05, 3.63) is 45.6 Å². The van der Waals surface area contributed by atoms with Gasteiger partial charge in [0.2, 0.25) is 0 Å². The quantitative estimate of drug-likeness (QED) is 0.585. The number of carbonyl (C=O) groups is 2. The molecule has 1 aliphatic rings. The number of halogens is 1. The molecular formula is C16H19BrN2O4. The lowest BCUT2D eigenvalue weighted by Crippen LogP contribution is -2.45. The minimum absolute atomic E-state index is 0.169. The maximum absolute atomic E-state index is 12.4. The first-order valence-electron chi connectivity index (χ1n) is 7.31. The summed E-state index contributed by atoms with van der Waals surface area (Å²) in [5, 5.41) is 5.37. The van der Waals surface area contributed by atoms with E-state index in [1.54, 1.807) is 6.92 Å². The molecule has 1 aromatic carbocycles. The van der Waals surface area contributed by atoms with Crippen molar-refractivity contribution >= 4 is 27.9 Å². The first-order valence-corrected chi connectivity index (χ1v) is 8.10. The number of hydrogen-bond donors (Lipinski definition) is 2. The molecule has 0 aromatic heterocycles. The Labute approximate surface area is 143 Å². The Morgan fingerprint density at radius 2 is 2.13 bits per heavy atom. The van der Waals surface area contributed by atoms with E-state index in [2.05, 4.69) is 26.6 Å². The average Bonchev–Trinajstić information content (AvgIpc) is 2.50. The van der Waals surface area contributed by atoms with Gasteiger partial charge in [-0.05, 0) is 31.5 Å². The molecule has 1 aliphatic heterocycles. The second kappa shape index (κ2) is 8.12. The van der Waals surface area contributed by atoms with Crippen LogP contribution in [0.1, 0.15) is 25.5 Å². The Morgan fingerprint density at radius 1 is 1.35 bits per heavy atom. The standard InChI is InChI=1S/C16H19BrN2O4/c1-3-22-7-8-23-15(20)13-10(2)18-16(21)19-14(13)11-5-4-6-12(17)9-11/h4-6,9,14H,3,7-8H2,1-2H3,(H2,18,19,21). The molecule has 0 saturated heterocycles. The molecule has 0 spiro atoms. The zero-order valence-electron chi connectivity index (χ0n) is 13.0. The molecule has 2 N–H and O–H groups in total. The average molecular weight is 383 g/mol. The number of benzene rings is 1. The minimum atomic E-state index is -0.555. The van der Waals surface area contributed by atoms with Gasteiger partial charge >= 0.3 is 12.0 Å². The maximum Gasteiger partial charge on any atom is 0.338 e. The lowest BCUT2D eigenvalue weighted by Gasteiger charge is -2.28. The number of allylic oxidation sites excluding steroid dienone is 1. The first kappa shape index (κ1) is 17.5. The Morgan fingerprint density at radius 3 is 2.83 bits per heavy atom. The minimum Gasteiger partial charge on any atom is -0.460 e. The number of rotatable bonds is 6. The molecule has 0 radical (unpaired) electrons. The Kier molecular flexibility index (Phi) is 6.18. The van der Waals surface area contributed by atoms with Gasteiger partial charge in [0.1, 0.15) is 6.61 Å². The van der Waals surface area contributed by atoms with Crippen LogP contribution in [-0.2, 0) is 14.3 Å². The summed E-state index contributed by atoms with van der Waals surface area (Å²) in [6.45, 7) is 4.64. The zero-order chi connectivity index (χ0) is 16.8. The molecule has 0 aliphatic carbocycles. The third-order valence-corrected chi connectivity index (χ3v) is 3.83. The molecule has 0 bridgehead atoms. The summed E-state index contributed by atoms with van der Waals surface area (Å²) in [5.41, 5.74) is 1.67. The number of esters is 1. The van der Waals surface area contributed by atoms with Gasteiger partial charge in [0.15, 0.2) is 0 Å². The van der Waals surface area contributed by atoms with Gasteiger partial charge in [-0.2, -0.15) is 0 Å². The van der Waals surface area contributed by atoms with Crippen LogP contribution in [0.4, 0.5) is 4.79 Å². The monoisotopic (exact) mass is 382 g/mol. The zero-order valence-corrected chi connectivity index (χ0v) is 14.6. The highest BCUT2D eigenvalue weighted by Crippen LogP contribution is 2.29. The Bertz CT molecular complexity index is 630. The highest BCUT2D eigenvalue weighted by molar-refractivity contribution is 9.10. The summed E-state index contributed by atoms with van der Waals surface area (Å²) < 4.78 is 11.3. The molecule has 1 unspecified atom stereocenters. The van der Waals surface area contributed by atoms with Gasteiger partial charge in [-0.1, -0.05) is 28.1 Å². The van der Waals surface area contributed by atoms with Crippen LogP contribution in [0.2, 0.25) is 0 Å². The smallest absolute Gasteiger partial charge is 0.338 e. The number of amides is 2. The summed E-state index contributed by atoms with van der Waals surface area (Å²) >= 11 is 3.40. The number of ether oxygens (including phenoxy) is 2. The van der Waals surface area contributed by atoms with Crippen molar-refractivity contribution in [1.82, 2.24) is 10.6 Å². The van der Waals surface area contributed by atoms with E-state index in [4.69, 9.17) is 9.47 Å². The summed E-state index contributed by atoms with van der Waals surface area (Å²) in [5.74, 6) is -0.473. The SMILES string of the molecule is CCOCCOC(=O)C1=C(C)NC(=O)NC1c1cccc(Br)c1. The molecule has 23 heavy (non-hydrogen) atoms. The van der Waals surface area contributed by atoms with E-state index in [1.807, 2.05) is 31.2 Å². The number of hydrogen-bond acceptors (Lipinski definition) is 4. The van der Waals surface area contributed by atoms with E-state index >= 15 is 0 Å². The molecule has 6 nitrogen and oxygen atoms in total. The van der Waals surface area contributed by atoms with Crippen molar-refractivity contribution in [2.75, 3.05) is 19.8 Å². The fourth-order valence-corrected chi connectivity index (χ4v) is 2.73. The van der Waals surface area contributed by atoms with Crippen molar-refractivity contribution in [3.8, 4) is 0 Å². The first-order chi connectivity index (χ1) is 11.0. The van der Waals surface area contributed by atoms with Crippen molar-refractivity contribution in [3.63, 3.8) is 0 Å². The number of nitrogens with one attached hydrogen (secondary N) is 2. The van der Waals surface area contributed by atoms with Gasteiger partial charge in [0, 0.05) is 16.8 Å². The van der Waals surface area contributed by atoms with Crippen LogP contribution >= 0.6 is 15.9 Å². The number of carbonyl (C=O) groups excluding carboxylic acids is 2. The fourth-order valence-electron chi connectivity index (χ4n) is 2.32. The normalized spacial score (nSPS) is 17.5. The summed E-state index contributed by atoms with van der Waals surface area (Å²) in [6.07, 6.45) is 0. The maximum atomic E-state index is 12.4. The van der Waals surface area contributed by atoms with E-state index in [0.29, 0.717) is 24.5 Å². The van der Waals surface area contributed by atoms with Gasteiger partial charge in [0.05, 0.1) is 18.2 Å². The largest absolute Gasteiger partial charge is 0.460 e. The Hall–Kier alpha value is -1.86. The molecule has 0 saturated carbocycles. The van der Waals surface area contributed by atoms with Crippen molar-refractivity contribution in [2.45, 2.75) is 19.9 Å². The lowest BCUT2D eigenvalue weighted by molar-refractivity contribution is -0.141. The van der Waals surface area contributed by atoms with Crippen LogP contribution in [-0.4, -0.2) is 31.8 Å². The van der Waals surface area contributed by atoms with Crippen LogP contribution in [0.25, 0.3) is 0 Å². The third kappa shape index (κ3) is 4.56. The van der Waals surface area contributed by atoms with Crippen LogP contribution in [0.15, 0.2) is 40.0 Å². The van der Waals surface area contributed by atoms with Gasteiger partial charge in [0.25, 0.3) is 0 Å². The Balaban J connectivity index is 2.22. The van der Waals surface area contributed by atoms with Crippen LogP contribution in [0.5, 0.6) is 0 Å². The molecule has 2 amide bonds. The van der Waals surface area contributed by atoms with E-state index in [1.165, 1.54) is 0 Å².